The minimum Gasteiger partial charge on any atom is -0.341 e. The smallest absolute Gasteiger partial charge is 0.236 e. The van der Waals surface area contributed by atoms with Gasteiger partial charge in [-0.25, -0.2) is 0 Å². The third kappa shape index (κ3) is 2.73. The average molecular weight is 220 g/mol. The zero-order valence-electron chi connectivity index (χ0n) is 9.98. The Balaban J connectivity index is 1.86. The standard InChI is InChI=1S/C13H20N2O/c1-2-15-9-8-14(11-13(15)16)10-12-6-4-3-5-7-12/h4,6-7H,2-3,5,8-11H2,1H3. The molecule has 88 valence electrons. The fourth-order valence-electron chi connectivity index (χ4n) is 2.27. The van der Waals surface area contributed by atoms with Gasteiger partial charge in [-0.3, -0.25) is 9.69 Å². The number of likely N-dealkylation sites (N-methyl/N-ethyl adjacent to an activating group) is 1. The van der Waals surface area contributed by atoms with Crippen molar-refractivity contribution in [2.24, 2.45) is 0 Å². The van der Waals surface area contributed by atoms with E-state index in [4.69, 9.17) is 0 Å². The molecule has 16 heavy (non-hydrogen) atoms. The van der Waals surface area contributed by atoms with Crippen LogP contribution in [0.1, 0.15) is 19.8 Å². The van der Waals surface area contributed by atoms with Crippen LogP contribution in [0.15, 0.2) is 23.8 Å². The fraction of sp³-hybridized carbons (Fsp3) is 0.615. The highest BCUT2D eigenvalue weighted by Gasteiger charge is 2.22. The number of rotatable bonds is 3. The molecule has 1 aliphatic carbocycles. The molecule has 2 rings (SSSR count). The summed E-state index contributed by atoms with van der Waals surface area (Å²) in [5.41, 5.74) is 1.36. The van der Waals surface area contributed by atoms with E-state index in [1.165, 1.54) is 5.57 Å². The Hall–Kier alpha value is -1.09. The van der Waals surface area contributed by atoms with Crippen molar-refractivity contribution in [3.05, 3.63) is 23.8 Å². The van der Waals surface area contributed by atoms with Crippen molar-refractivity contribution in [3.8, 4) is 0 Å². The van der Waals surface area contributed by atoms with Crippen LogP contribution in [-0.4, -0.2) is 48.4 Å². The van der Waals surface area contributed by atoms with Crippen LogP contribution in [0.25, 0.3) is 0 Å². The Labute approximate surface area is 97.4 Å². The second kappa shape index (κ2) is 5.30. The Bertz CT molecular complexity index is 320. The lowest BCUT2D eigenvalue weighted by Crippen LogP contribution is -2.50. The van der Waals surface area contributed by atoms with E-state index in [1.807, 2.05) is 11.8 Å². The molecule has 1 fully saturated rings. The molecule has 0 N–H and O–H groups in total. The highest BCUT2D eigenvalue weighted by Crippen LogP contribution is 2.12. The van der Waals surface area contributed by atoms with Crippen molar-refractivity contribution in [3.63, 3.8) is 0 Å². The molecule has 0 bridgehead atoms. The van der Waals surface area contributed by atoms with Gasteiger partial charge < -0.3 is 4.90 Å². The van der Waals surface area contributed by atoms with Crippen molar-refractivity contribution >= 4 is 5.91 Å². The number of hydrogen-bond donors (Lipinski definition) is 0. The molecule has 0 saturated carbocycles. The lowest BCUT2D eigenvalue weighted by molar-refractivity contribution is -0.135. The van der Waals surface area contributed by atoms with E-state index < -0.39 is 0 Å². The van der Waals surface area contributed by atoms with Gasteiger partial charge in [0.05, 0.1) is 6.54 Å². The van der Waals surface area contributed by atoms with Crippen molar-refractivity contribution in [2.75, 3.05) is 32.7 Å². The molecule has 0 aromatic rings. The van der Waals surface area contributed by atoms with Gasteiger partial charge in [-0.15, -0.1) is 0 Å². The van der Waals surface area contributed by atoms with E-state index in [-0.39, 0.29) is 5.91 Å². The first-order chi connectivity index (χ1) is 7.79. The highest BCUT2D eigenvalue weighted by molar-refractivity contribution is 5.79. The lowest BCUT2D eigenvalue weighted by Gasteiger charge is -2.34. The molecule has 0 radical (unpaired) electrons. The van der Waals surface area contributed by atoms with Crippen LogP contribution >= 0.6 is 0 Å². The van der Waals surface area contributed by atoms with Crippen molar-refractivity contribution in [1.82, 2.24) is 9.80 Å². The monoisotopic (exact) mass is 220 g/mol. The molecular weight excluding hydrogens is 200 g/mol. The molecule has 1 amide bonds. The van der Waals surface area contributed by atoms with E-state index >= 15 is 0 Å². The van der Waals surface area contributed by atoms with Crippen LogP contribution in [0.3, 0.4) is 0 Å². The van der Waals surface area contributed by atoms with Gasteiger partial charge in [0, 0.05) is 26.2 Å². The van der Waals surface area contributed by atoms with Gasteiger partial charge in [0.25, 0.3) is 0 Å². The number of piperazine rings is 1. The summed E-state index contributed by atoms with van der Waals surface area (Å²) >= 11 is 0. The van der Waals surface area contributed by atoms with Crippen molar-refractivity contribution in [2.45, 2.75) is 19.8 Å². The van der Waals surface area contributed by atoms with Gasteiger partial charge in [-0.05, 0) is 25.3 Å². The van der Waals surface area contributed by atoms with Crippen LogP contribution < -0.4 is 0 Å². The molecular formula is C13H20N2O. The van der Waals surface area contributed by atoms with E-state index in [0.717, 1.165) is 39.0 Å². The quantitative estimate of drug-likeness (QED) is 0.718. The predicted molar refractivity (Wildman–Crippen MR) is 65.2 cm³/mol. The Morgan fingerprint density at radius 3 is 2.81 bits per heavy atom. The Morgan fingerprint density at radius 1 is 1.31 bits per heavy atom. The summed E-state index contributed by atoms with van der Waals surface area (Å²) < 4.78 is 0. The first-order valence-corrected chi connectivity index (χ1v) is 6.15. The zero-order chi connectivity index (χ0) is 11.4. The number of hydrogen-bond acceptors (Lipinski definition) is 2. The second-order valence-electron chi connectivity index (χ2n) is 4.44. The number of nitrogens with zero attached hydrogens (tertiary/aromatic N) is 2. The molecule has 3 heteroatoms. The maximum Gasteiger partial charge on any atom is 0.236 e. The average Bonchev–Trinajstić information content (AvgIpc) is 2.31. The molecule has 1 aliphatic heterocycles. The molecule has 1 saturated heterocycles. The first-order valence-electron chi connectivity index (χ1n) is 6.15. The third-order valence-corrected chi connectivity index (χ3v) is 3.26. The summed E-state index contributed by atoms with van der Waals surface area (Å²) in [7, 11) is 0. The van der Waals surface area contributed by atoms with Crippen LogP contribution in [0, 0.1) is 0 Å². The molecule has 0 aromatic carbocycles. The first kappa shape index (κ1) is 11.4. The van der Waals surface area contributed by atoms with Crippen LogP contribution in [0.5, 0.6) is 0 Å². The minimum absolute atomic E-state index is 0.272. The summed E-state index contributed by atoms with van der Waals surface area (Å²) in [6.45, 7) is 6.28. The predicted octanol–water partition coefficient (Wildman–Crippen LogP) is 1.43. The number of allylic oxidation sites excluding steroid dienone is 2. The van der Waals surface area contributed by atoms with Gasteiger partial charge >= 0.3 is 0 Å². The SMILES string of the molecule is CCN1CCN(CC2=CCCC=C2)CC1=O. The van der Waals surface area contributed by atoms with Crippen molar-refractivity contribution < 1.29 is 4.79 Å². The van der Waals surface area contributed by atoms with E-state index in [0.29, 0.717) is 6.54 Å². The maximum atomic E-state index is 11.7. The van der Waals surface area contributed by atoms with Crippen molar-refractivity contribution in [1.29, 1.82) is 0 Å². The van der Waals surface area contributed by atoms with Gasteiger partial charge in [-0.2, -0.15) is 0 Å². The van der Waals surface area contributed by atoms with E-state index in [9.17, 15) is 4.79 Å². The van der Waals surface area contributed by atoms with Crippen LogP contribution in [0.4, 0.5) is 0 Å². The van der Waals surface area contributed by atoms with Gasteiger partial charge in [-0.1, -0.05) is 18.2 Å². The Kier molecular flexibility index (Phi) is 3.78. The molecule has 0 spiro atoms. The lowest BCUT2D eigenvalue weighted by atomic mass is 10.1. The molecule has 2 aliphatic rings. The van der Waals surface area contributed by atoms with E-state index in [1.54, 1.807) is 0 Å². The summed E-state index contributed by atoms with van der Waals surface area (Å²) in [5.74, 6) is 0.272. The summed E-state index contributed by atoms with van der Waals surface area (Å²) in [6.07, 6.45) is 9.01. The number of carbonyl (C=O) groups is 1. The summed E-state index contributed by atoms with van der Waals surface area (Å²) in [6, 6.07) is 0. The summed E-state index contributed by atoms with van der Waals surface area (Å²) in [4.78, 5) is 15.9. The fourth-order valence-corrected chi connectivity index (χ4v) is 2.27. The largest absolute Gasteiger partial charge is 0.341 e. The van der Waals surface area contributed by atoms with Crippen LogP contribution in [-0.2, 0) is 4.79 Å². The van der Waals surface area contributed by atoms with Gasteiger partial charge in [0.15, 0.2) is 0 Å². The number of carbonyl (C=O) groups excluding carboxylic acids is 1. The Morgan fingerprint density at radius 2 is 2.19 bits per heavy atom. The molecule has 0 unspecified atom stereocenters. The molecule has 1 heterocycles. The molecule has 3 nitrogen and oxygen atoms in total. The maximum absolute atomic E-state index is 11.7. The minimum atomic E-state index is 0.272. The normalized spacial score (nSPS) is 22.4. The van der Waals surface area contributed by atoms with Gasteiger partial charge in [0.2, 0.25) is 5.91 Å². The zero-order valence-corrected chi connectivity index (χ0v) is 9.98. The summed E-state index contributed by atoms with van der Waals surface area (Å²) in [5, 5.41) is 0. The molecule has 0 aromatic heterocycles. The highest BCUT2D eigenvalue weighted by atomic mass is 16.2. The second-order valence-corrected chi connectivity index (χ2v) is 4.44. The topological polar surface area (TPSA) is 23.6 Å². The van der Waals surface area contributed by atoms with Crippen LogP contribution in [0.2, 0.25) is 0 Å². The molecule has 0 atom stereocenters. The number of amides is 1. The van der Waals surface area contributed by atoms with E-state index in [2.05, 4.69) is 23.1 Å². The van der Waals surface area contributed by atoms with Gasteiger partial charge in [0.1, 0.15) is 0 Å². The third-order valence-electron chi connectivity index (χ3n) is 3.26.